The fraction of sp³-hybridized carbons (Fsp3) is 0.267. The molecule has 0 atom stereocenters. The van der Waals surface area contributed by atoms with E-state index in [1.165, 1.54) is 0 Å². The number of fused-ring (bicyclic) bond motifs is 1. The van der Waals surface area contributed by atoms with Crippen molar-refractivity contribution in [1.82, 2.24) is 10.2 Å². The summed E-state index contributed by atoms with van der Waals surface area (Å²) < 4.78 is 0. The monoisotopic (exact) mass is 268 g/mol. The number of rotatable bonds is 3. The average Bonchev–Trinajstić information content (AvgIpc) is 2.48. The van der Waals surface area contributed by atoms with Gasteiger partial charge in [-0.2, -0.15) is 10.2 Å². The SMILES string of the molecule is NCCc1ccc(-c2ccc3c(c2)CCC(=O)N3)nn1. The van der Waals surface area contributed by atoms with E-state index in [1.807, 2.05) is 24.3 Å². The lowest BCUT2D eigenvalue weighted by atomic mass is 9.99. The zero-order chi connectivity index (χ0) is 13.9. The Bertz CT molecular complexity index is 637. The van der Waals surface area contributed by atoms with Gasteiger partial charge < -0.3 is 11.1 Å². The smallest absolute Gasteiger partial charge is 0.224 e. The zero-order valence-corrected chi connectivity index (χ0v) is 11.1. The summed E-state index contributed by atoms with van der Waals surface area (Å²) >= 11 is 0. The number of carbonyl (C=O) groups excluding carboxylic acids is 1. The standard InChI is InChI=1S/C15H16N4O/c16-8-7-12-3-5-14(19-18-12)11-1-4-13-10(9-11)2-6-15(20)17-13/h1,3-5,9H,2,6-8,16H2,(H,17,20). The van der Waals surface area contributed by atoms with E-state index >= 15 is 0 Å². The summed E-state index contributed by atoms with van der Waals surface area (Å²) in [5.74, 6) is 0.0798. The average molecular weight is 268 g/mol. The molecule has 1 aliphatic rings. The lowest BCUT2D eigenvalue weighted by Crippen LogP contribution is -2.18. The van der Waals surface area contributed by atoms with E-state index in [0.717, 1.165) is 41.0 Å². The van der Waals surface area contributed by atoms with Crippen molar-refractivity contribution in [3.63, 3.8) is 0 Å². The third-order valence-electron chi connectivity index (χ3n) is 3.42. The van der Waals surface area contributed by atoms with Crippen LogP contribution in [-0.2, 0) is 17.6 Å². The van der Waals surface area contributed by atoms with Crippen LogP contribution < -0.4 is 11.1 Å². The highest BCUT2D eigenvalue weighted by Gasteiger charge is 2.15. The summed E-state index contributed by atoms with van der Waals surface area (Å²) in [4.78, 5) is 11.3. The van der Waals surface area contributed by atoms with Gasteiger partial charge in [-0.15, -0.1) is 0 Å². The molecular weight excluding hydrogens is 252 g/mol. The van der Waals surface area contributed by atoms with Gasteiger partial charge in [0, 0.05) is 24.1 Å². The minimum atomic E-state index is 0.0798. The molecule has 0 bridgehead atoms. The zero-order valence-electron chi connectivity index (χ0n) is 11.1. The quantitative estimate of drug-likeness (QED) is 0.884. The van der Waals surface area contributed by atoms with Gasteiger partial charge in [0.1, 0.15) is 0 Å². The number of benzene rings is 1. The number of anilines is 1. The molecular formula is C15H16N4O. The van der Waals surface area contributed by atoms with Crippen LogP contribution in [0.15, 0.2) is 30.3 Å². The summed E-state index contributed by atoms with van der Waals surface area (Å²) in [6, 6.07) is 9.87. The second-order valence-electron chi connectivity index (χ2n) is 4.87. The van der Waals surface area contributed by atoms with Crippen LogP contribution in [0.2, 0.25) is 0 Å². The maximum absolute atomic E-state index is 11.3. The number of nitrogens with two attached hydrogens (primary N) is 1. The second kappa shape index (κ2) is 5.38. The Kier molecular flexibility index (Phi) is 3.43. The molecule has 0 unspecified atom stereocenters. The third-order valence-corrected chi connectivity index (χ3v) is 3.42. The van der Waals surface area contributed by atoms with Crippen LogP contribution in [0.4, 0.5) is 5.69 Å². The Hall–Kier alpha value is -2.27. The first-order chi connectivity index (χ1) is 9.76. The Labute approximate surface area is 117 Å². The van der Waals surface area contributed by atoms with Crippen LogP contribution in [0.1, 0.15) is 17.7 Å². The van der Waals surface area contributed by atoms with Crippen molar-refractivity contribution in [2.24, 2.45) is 5.73 Å². The van der Waals surface area contributed by atoms with E-state index < -0.39 is 0 Å². The van der Waals surface area contributed by atoms with Crippen LogP contribution >= 0.6 is 0 Å². The Balaban J connectivity index is 1.89. The van der Waals surface area contributed by atoms with Crippen molar-refractivity contribution in [3.8, 4) is 11.3 Å². The van der Waals surface area contributed by atoms with Gasteiger partial charge >= 0.3 is 0 Å². The van der Waals surface area contributed by atoms with Gasteiger partial charge in [-0.25, -0.2) is 0 Å². The molecule has 0 spiro atoms. The predicted octanol–water partition coefficient (Wildman–Crippen LogP) is 1.53. The number of hydrogen-bond acceptors (Lipinski definition) is 4. The molecule has 20 heavy (non-hydrogen) atoms. The van der Waals surface area contributed by atoms with Gasteiger partial charge in [-0.1, -0.05) is 6.07 Å². The molecule has 5 nitrogen and oxygen atoms in total. The fourth-order valence-corrected chi connectivity index (χ4v) is 2.34. The molecule has 2 aromatic rings. The second-order valence-corrected chi connectivity index (χ2v) is 4.87. The number of aromatic nitrogens is 2. The normalized spacial score (nSPS) is 13.8. The van der Waals surface area contributed by atoms with Crippen LogP contribution in [0.5, 0.6) is 0 Å². The fourth-order valence-electron chi connectivity index (χ4n) is 2.34. The molecule has 1 aromatic carbocycles. The molecule has 102 valence electrons. The number of aryl methyl sites for hydroxylation is 1. The molecule has 1 amide bonds. The van der Waals surface area contributed by atoms with Gasteiger partial charge in [0.05, 0.1) is 11.4 Å². The Morgan fingerprint density at radius 1 is 1.15 bits per heavy atom. The first-order valence-corrected chi connectivity index (χ1v) is 6.72. The molecule has 0 saturated heterocycles. The number of carbonyl (C=O) groups is 1. The van der Waals surface area contributed by atoms with E-state index in [9.17, 15) is 4.79 Å². The lowest BCUT2D eigenvalue weighted by molar-refractivity contribution is -0.116. The molecule has 3 N–H and O–H groups in total. The van der Waals surface area contributed by atoms with Gasteiger partial charge in [0.15, 0.2) is 0 Å². The summed E-state index contributed by atoms with van der Waals surface area (Å²) in [5, 5.41) is 11.3. The van der Waals surface area contributed by atoms with Crippen molar-refractivity contribution in [2.45, 2.75) is 19.3 Å². The lowest BCUT2D eigenvalue weighted by Gasteiger charge is -2.17. The van der Waals surface area contributed by atoms with Crippen LogP contribution in [-0.4, -0.2) is 22.6 Å². The maximum Gasteiger partial charge on any atom is 0.224 e. The van der Waals surface area contributed by atoms with Crippen LogP contribution in [0.3, 0.4) is 0 Å². The summed E-state index contributed by atoms with van der Waals surface area (Å²) in [6.07, 6.45) is 2.05. The summed E-state index contributed by atoms with van der Waals surface area (Å²) in [6.45, 7) is 0.576. The maximum atomic E-state index is 11.3. The molecule has 1 aromatic heterocycles. The molecule has 0 saturated carbocycles. The number of hydrogen-bond donors (Lipinski definition) is 2. The molecule has 3 rings (SSSR count). The van der Waals surface area contributed by atoms with E-state index in [1.54, 1.807) is 0 Å². The highest BCUT2D eigenvalue weighted by Crippen LogP contribution is 2.27. The van der Waals surface area contributed by atoms with Gasteiger partial charge in [0.2, 0.25) is 5.91 Å². The summed E-state index contributed by atoms with van der Waals surface area (Å²) in [5.41, 5.74) is 10.3. The molecule has 0 fully saturated rings. The molecule has 5 heteroatoms. The van der Waals surface area contributed by atoms with Crippen LogP contribution in [0, 0.1) is 0 Å². The number of nitrogens with zero attached hydrogens (tertiary/aromatic N) is 2. The highest BCUT2D eigenvalue weighted by atomic mass is 16.1. The Morgan fingerprint density at radius 2 is 2.05 bits per heavy atom. The van der Waals surface area contributed by atoms with Crippen molar-refractivity contribution in [1.29, 1.82) is 0 Å². The van der Waals surface area contributed by atoms with Gasteiger partial charge in [-0.05, 0) is 42.8 Å². The predicted molar refractivity (Wildman–Crippen MR) is 77.2 cm³/mol. The molecule has 0 radical (unpaired) electrons. The largest absolute Gasteiger partial charge is 0.330 e. The van der Waals surface area contributed by atoms with Crippen molar-refractivity contribution in [2.75, 3.05) is 11.9 Å². The van der Waals surface area contributed by atoms with E-state index in [-0.39, 0.29) is 5.91 Å². The number of amides is 1. The number of nitrogens with one attached hydrogen (secondary N) is 1. The van der Waals surface area contributed by atoms with Crippen molar-refractivity contribution < 1.29 is 4.79 Å². The molecule has 0 aliphatic carbocycles. The molecule has 2 heterocycles. The van der Waals surface area contributed by atoms with E-state index in [4.69, 9.17) is 5.73 Å². The highest BCUT2D eigenvalue weighted by molar-refractivity contribution is 5.94. The minimum Gasteiger partial charge on any atom is -0.330 e. The van der Waals surface area contributed by atoms with Crippen molar-refractivity contribution in [3.05, 3.63) is 41.6 Å². The minimum absolute atomic E-state index is 0.0798. The first-order valence-electron chi connectivity index (χ1n) is 6.72. The van der Waals surface area contributed by atoms with Gasteiger partial charge in [-0.3, -0.25) is 4.79 Å². The topological polar surface area (TPSA) is 80.9 Å². The molecule has 1 aliphatic heterocycles. The van der Waals surface area contributed by atoms with Gasteiger partial charge in [0.25, 0.3) is 0 Å². The first kappa shape index (κ1) is 12.7. The van der Waals surface area contributed by atoms with Crippen molar-refractivity contribution >= 4 is 11.6 Å². The Morgan fingerprint density at radius 3 is 2.80 bits per heavy atom. The summed E-state index contributed by atoms with van der Waals surface area (Å²) in [7, 11) is 0. The van der Waals surface area contributed by atoms with Crippen LogP contribution in [0.25, 0.3) is 11.3 Å². The van der Waals surface area contributed by atoms with E-state index in [2.05, 4.69) is 21.6 Å². The van der Waals surface area contributed by atoms with E-state index in [0.29, 0.717) is 13.0 Å². The third kappa shape index (κ3) is 2.53.